The van der Waals surface area contributed by atoms with Crippen LogP contribution in [-0.4, -0.2) is 19.9 Å². The van der Waals surface area contributed by atoms with Crippen molar-refractivity contribution < 1.29 is 4.42 Å². The van der Waals surface area contributed by atoms with Crippen molar-refractivity contribution in [2.24, 2.45) is 0 Å². The molecule has 8 aromatic carbocycles. The molecule has 0 bridgehead atoms. The van der Waals surface area contributed by atoms with Crippen LogP contribution >= 0.6 is 0 Å². The molecule has 11 aromatic rings. The predicted molar refractivity (Wildman–Crippen MR) is 245 cm³/mol. The summed E-state index contributed by atoms with van der Waals surface area (Å²) in [4.78, 5) is 19.8. The van der Waals surface area contributed by atoms with Gasteiger partial charge in [-0.05, 0) is 75.5 Å². The van der Waals surface area contributed by atoms with E-state index in [1.807, 2.05) is 42.6 Å². The second kappa shape index (κ2) is 14.7. The molecule has 0 radical (unpaired) electrons. The summed E-state index contributed by atoms with van der Waals surface area (Å²) in [6.45, 7) is 2.16. The first kappa shape index (κ1) is 35.2. The Morgan fingerprint density at radius 1 is 0.333 bits per heavy atom. The van der Waals surface area contributed by atoms with Gasteiger partial charge in [-0.3, -0.25) is 4.98 Å². The zero-order chi connectivity index (χ0) is 40.0. The van der Waals surface area contributed by atoms with Gasteiger partial charge in [0.05, 0.1) is 11.9 Å². The van der Waals surface area contributed by atoms with Crippen molar-refractivity contribution in [2.75, 3.05) is 0 Å². The van der Waals surface area contributed by atoms with E-state index in [4.69, 9.17) is 24.4 Å². The zero-order valence-corrected chi connectivity index (χ0v) is 32.7. The average molecular weight is 769 g/mol. The minimum absolute atomic E-state index is 0.625. The second-order valence-electron chi connectivity index (χ2n) is 15.1. The number of aromatic nitrogens is 4. The topological polar surface area (TPSA) is 64.7 Å². The fraction of sp³-hybridized carbons (Fsp3) is 0.0182. The number of fused-ring (bicyclic) bond motifs is 5. The third kappa shape index (κ3) is 6.48. The number of hydrogen-bond acceptors (Lipinski definition) is 5. The lowest BCUT2D eigenvalue weighted by atomic mass is 9.97. The maximum Gasteiger partial charge on any atom is 0.164 e. The van der Waals surface area contributed by atoms with Crippen LogP contribution < -0.4 is 0 Å². The van der Waals surface area contributed by atoms with E-state index in [9.17, 15) is 0 Å². The van der Waals surface area contributed by atoms with E-state index in [1.165, 1.54) is 16.5 Å². The summed E-state index contributed by atoms with van der Waals surface area (Å²) in [6, 6.07) is 67.4. The van der Waals surface area contributed by atoms with Gasteiger partial charge in [0.1, 0.15) is 5.58 Å². The molecule has 0 aliphatic heterocycles. The predicted octanol–water partition coefficient (Wildman–Crippen LogP) is 14.3. The summed E-state index contributed by atoms with van der Waals surface area (Å²) in [6.07, 6.45) is 1.86. The van der Waals surface area contributed by atoms with Gasteiger partial charge >= 0.3 is 0 Å². The summed E-state index contributed by atoms with van der Waals surface area (Å²) in [5.41, 5.74) is 14.4. The van der Waals surface area contributed by atoms with Crippen molar-refractivity contribution in [3.05, 3.63) is 206 Å². The molecule has 0 N–H and O–H groups in total. The van der Waals surface area contributed by atoms with Crippen molar-refractivity contribution in [3.63, 3.8) is 0 Å². The van der Waals surface area contributed by atoms with E-state index in [0.29, 0.717) is 17.5 Å². The quantitative estimate of drug-likeness (QED) is 0.162. The SMILES string of the molecule is Cc1cc2c3cc(-c4cccc(-c5ccc(-c6cccc(-c7nc(-c8ccccc8)nc(-c8ccc(-c9ccccc9)cc8)n7)c6)cc5)c4)ncc3oc2c2ccccc12. The Hall–Kier alpha value is -8.02. The standard InChI is InChI=1S/C55H36N4O/c1-35-30-49-48-33-50(56-34-51(48)60-52(49)47-21-9-8-20-46(35)47)44-18-10-16-42(31-44)38-22-24-39(25-23-38)43-17-11-19-45(32-43)55-58-53(40-14-6-3-7-15-40)57-54(59-55)41-28-26-37(27-29-41)36-12-4-2-5-13-36/h2-34H,1H3. The lowest BCUT2D eigenvalue weighted by molar-refractivity contribution is 0.670. The summed E-state index contributed by atoms with van der Waals surface area (Å²) < 4.78 is 6.38. The molecule has 0 amide bonds. The van der Waals surface area contributed by atoms with E-state index in [0.717, 1.165) is 83.1 Å². The maximum atomic E-state index is 6.38. The molecule has 60 heavy (non-hydrogen) atoms. The van der Waals surface area contributed by atoms with Crippen molar-refractivity contribution >= 4 is 32.7 Å². The third-order valence-electron chi connectivity index (χ3n) is 11.3. The van der Waals surface area contributed by atoms with Gasteiger partial charge in [0.2, 0.25) is 0 Å². The molecule has 0 aliphatic rings. The molecule has 5 nitrogen and oxygen atoms in total. The van der Waals surface area contributed by atoms with Gasteiger partial charge in [-0.25, -0.2) is 15.0 Å². The van der Waals surface area contributed by atoms with E-state index in [2.05, 4.69) is 165 Å². The van der Waals surface area contributed by atoms with Crippen LogP contribution in [0.4, 0.5) is 0 Å². The van der Waals surface area contributed by atoms with Crippen LogP contribution in [0.3, 0.4) is 0 Å². The molecule has 0 spiro atoms. The van der Waals surface area contributed by atoms with Crippen LogP contribution in [0.25, 0.3) is 112 Å². The van der Waals surface area contributed by atoms with Crippen molar-refractivity contribution in [2.45, 2.75) is 6.92 Å². The first-order valence-corrected chi connectivity index (χ1v) is 20.1. The molecule has 5 heteroatoms. The molecule has 3 aromatic heterocycles. The van der Waals surface area contributed by atoms with E-state index in [-0.39, 0.29) is 0 Å². The van der Waals surface area contributed by atoms with Crippen LogP contribution in [0, 0.1) is 6.92 Å². The van der Waals surface area contributed by atoms with Gasteiger partial charge in [0.25, 0.3) is 0 Å². The number of rotatable bonds is 7. The Morgan fingerprint density at radius 2 is 0.783 bits per heavy atom. The fourth-order valence-electron chi connectivity index (χ4n) is 8.19. The highest BCUT2D eigenvalue weighted by Gasteiger charge is 2.16. The van der Waals surface area contributed by atoms with E-state index < -0.39 is 0 Å². The monoisotopic (exact) mass is 768 g/mol. The van der Waals surface area contributed by atoms with E-state index >= 15 is 0 Å². The molecule has 0 saturated heterocycles. The van der Waals surface area contributed by atoms with Crippen LogP contribution in [0.1, 0.15) is 5.56 Å². The normalized spacial score (nSPS) is 11.4. The summed E-state index contributed by atoms with van der Waals surface area (Å²) in [5.74, 6) is 1.89. The smallest absolute Gasteiger partial charge is 0.164 e. The Kier molecular flexibility index (Phi) is 8.63. The molecule has 11 rings (SSSR count). The second-order valence-corrected chi connectivity index (χ2v) is 15.1. The Labute approximate surface area is 347 Å². The average Bonchev–Trinajstić information content (AvgIpc) is 3.70. The molecule has 0 aliphatic carbocycles. The van der Waals surface area contributed by atoms with Gasteiger partial charge in [0, 0.05) is 38.4 Å². The number of nitrogens with zero attached hydrogens (tertiary/aromatic N) is 4. The Bertz CT molecular complexity index is 3360. The summed E-state index contributed by atoms with van der Waals surface area (Å²) in [7, 11) is 0. The molecular formula is C55H36N4O. The lowest BCUT2D eigenvalue weighted by Crippen LogP contribution is -2.00. The molecule has 0 atom stereocenters. The molecule has 0 fully saturated rings. The highest BCUT2D eigenvalue weighted by Crippen LogP contribution is 2.38. The zero-order valence-electron chi connectivity index (χ0n) is 32.7. The summed E-state index contributed by atoms with van der Waals surface area (Å²) >= 11 is 0. The van der Waals surface area contributed by atoms with Crippen molar-refractivity contribution in [1.29, 1.82) is 0 Å². The molecular weight excluding hydrogens is 733 g/mol. The third-order valence-corrected chi connectivity index (χ3v) is 11.3. The van der Waals surface area contributed by atoms with Gasteiger partial charge in [0.15, 0.2) is 23.1 Å². The highest BCUT2D eigenvalue weighted by molar-refractivity contribution is 6.16. The number of hydrogen-bond donors (Lipinski definition) is 0. The Morgan fingerprint density at radius 3 is 1.43 bits per heavy atom. The number of pyridine rings is 1. The minimum atomic E-state index is 0.625. The van der Waals surface area contributed by atoms with E-state index in [1.54, 1.807) is 0 Å². The maximum absolute atomic E-state index is 6.38. The molecule has 0 unspecified atom stereocenters. The van der Waals surface area contributed by atoms with Gasteiger partial charge in [-0.15, -0.1) is 0 Å². The number of benzene rings is 8. The summed E-state index contributed by atoms with van der Waals surface area (Å²) in [5, 5.41) is 4.52. The molecule has 3 heterocycles. The van der Waals surface area contributed by atoms with Crippen LogP contribution in [0.5, 0.6) is 0 Å². The van der Waals surface area contributed by atoms with Crippen molar-refractivity contribution in [1.82, 2.24) is 19.9 Å². The number of aryl methyl sites for hydroxylation is 1. The number of furan rings is 1. The van der Waals surface area contributed by atoms with Gasteiger partial charge in [-0.2, -0.15) is 0 Å². The largest absolute Gasteiger partial charge is 0.454 e. The van der Waals surface area contributed by atoms with Crippen LogP contribution in [0.2, 0.25) is 0 Å². The Balaban J connectivity index is 0.899. The van der Waals surface area contributed by atoms with Gasteiger partial charge in [-0.1, -0.05) is 170 Å². The van der Waals surface area contributed by atoms with Crippen molar-refractivity contribution in [3.8, 4) is 78.8 Å². The minimum Gasteiger partial charge on any atom is -0.454 e. The highest BCUT2D eigenvalue weighted by atomic mass is 16.3. The molecule has 282 valence electrons. The molecule has 0 saturated carbocycles. The van der Waals surface area contributed by atoms with Crippen LogP contribution in [0.15, 0.2) is 205 Å². The first-order chi connectivity index (χ1) is 29.6. The van der Waals surface area contributed by atoms with Crippen LogP contribution in [-0.2, 0) is 0 Å². The lowest BCUT2D eigenvalue weighted by Gasteiger charge is -2.11. The first-order valence-electron chi connectivity index (χ1n) is 20.1. The van der Waals surface area contributed by atoms with Gasteiger partial charge < -0.3 is 4.42 Å². The fourth-order valence-corrected chi connectivity index (χ4v) is 8.19.